The second kappa shape index (κ2) is 2.93. The van der Waals surface area contributed by atoms with Gasteiger partial charge >= 0.3 is 0 Å². The van der Waals surface area contributed by atoms with E-state index in [1.54, 1.807) is 0 Å². The van der Waals surface area contributed by atoms with E-state index in [0.717, 1.165) is 0 Å². The Bertz CT molecular complexity index is 118. The minimum Gasteiger partial charge on any atom is -0.394 e. The molecule has 0 bridgehead atoms. The third kappa shape index (κ3) is 1.20. The Kier molecular flexibility index (Phi) is 2.37. The van der Waals surface area contributed by atoms with E-state index in [9.17, 15) is 0 Å². The SMILES string of the molecule is BC1OC(CO)C(C)C1C. The number of rotatable bonds is 1. The third-order valence-electron chi connectivity index (χ3n) is 2.73. The van der Waals surface area contributed by atoms with Gasteiger partial charge in [-0.15, -0.1) is 0 Å². The molecule has 3 heteroatoms. The second-order valence-corrected chi connectivity index (χ2v) is 3.28. The van der Waals surface area contributed by atoms with Crippen LogP contribution in [0.5, 0.6) is 0 Å². The van der Waals surface area contributed by atoms with E-state index in [1.807, 2.05) is 0 Å². The van der Waals surface area contributed by atoms with E-state index >= 15 is 0 Å². The summed E-state index contributed by atoms with van der Waals surface area (Å²) in [4.78, 5) is 0. The lowest BCUT2D eigenvalue weighted by Crippen LogP contribution is -2.19. The van der Waals surface area contributed by atoms with Gasteiger partial charge in [-0.25, -0.2) is 0 Å². The van der Waals surface area contributed by atoms with E-state index in [1.165, 1.54) is 0 Å². The van der Waals surface area contributed by atoms with Crippen LogP contribution in [0.2, 0.25) is 0 Å². The molecule has 4 atom stereocenters. The van der Waals surface area contributed by atoms with E-state index in [0.29, 0.717) is 17.8 Å². The standard InChI is InChI=1S/C7H15BO2/c1-4-5(2)7(8)10-6(4)3-9/h4-7,9H,3,8H2,1-2H3. The van der Waals surface area contributed by atoms with E-state index in [-0.39, 0.29) is 12.7 Å². The molecule has 0 aromatic heterocycles. The first kappa shape index (κ1) is 8.09. The predicted octanol–water partition coefficient (Wildman–Crippen LogP) is -0.391. The van der Waals surface area contributed by atoms with Crippen LogP contribution in [0.15, 0.2) is 0 Å². The Morgan fingerprint density at radius 1 is 1.40 bits per heavy atom. The van der Waals surface area contributed by atoms with E-state index in [4.69, 9.17) is 9.84 Å². The lowest BCUT2D eigenvalue weighted by atomic mass is 9.82. The highest BCUT2D eigenvalue weighted by atomic mass is 16.5. The number of hydrogen-bond donors (Lipinski definition) is 1. The molecule has 1 aliphatic heterocycles. The molecule has 2 nitrogen and oxygen atoms in total. The van der Waals surface area contributed by atoms with Crippen LogP contribution in [0.3, 0.4) is 0 Å². The zero-order valence-electron chi connectivity index (χ0n) is 6.87. The van der Waals surface area contributed by atoms with Crippen molar-refractivity contribution < 1.29 is 9.84 Å². The van der Waals surface area contributed by atoms with Gasteiger partial charge in [0.2, 0.25) is 0 Å². The normalized spacial score (nSPS) is 47.9. The van der Waals surface area contributed by atoms with Crippen molar-refractivity contribution in [2.24, 2.45) is 11.8 Å². The zero-order chi connectivity index (χ0) is 7.72. The number of aliphatic hydroxyl groups is 1. The Labute approximate surface area is 63.0 Å². The average molecular weight is 142 g/mol. The van der Waals surface area contributed by atoms with Crippen molar-refractivity contribution in [1.29, 1.82) is 0 Å². The van der Waals surface area contributed by atoms with Crippen molar-refractivity contribution in [3.05, 3.63) is 0 Å². The van der Waals surface area contributed by atoms with Gasteiger partial charge in [-0.2, -0.15) is 0 Å². The van der Waals surface area contributed by atoms with Crippen molar-refractivity contribution in [2.45, 2.75) is 26.0 Å². The smallest absolute Gasteiger partial charge is 0.139 e. The monoisotopic (exact) mass is 142 g/mol. The highest BCUT2D eigenvalue weighted by molar-refractivity contribution is 6.11. The van der Waals surface area contributed by atoms with Gasteiger partial charge in [-0.3, -0.25) is 0 Å². The Morgan fingerprint density at radius 2 is 2.00 bits per heavy atom. The van der Waals surface area contributed by atoms with Gasteiger partial charge in [0.05, 0.1) is 12.7 Å². The molecule has 58 valence electrons. The molecule has 0 aromatic carbocycles. The van der Waals surface area contributed by atoms with Gasteiger partial charge in [0.15, 0.2) is 0 Å². The number of ether oxygens (including phenoxy) is 1. The maximum Gasteiger partial charge on any atom is 0.139 e. The minimum atomic E-state index is 0.0741. The Morgan fingerprint density at radius 3 is 2.20 bits per heavy atom. The van der Waals surface area contributed by atoms with Crippen LogP contribution in [0.25, 0.3) is 0 Å². The van der Waals surface area contributed by atoms with Crippen molar-refractivity contribution in [3.8, 4) is 0 Å². The van der Waals surface area contributed by atoms with Crippen LogP contribution in [0, 0.1) is 11.8 Å². The molecule has 1 heterocycles. The first-order valence-corrected chi connectivity index (χ1v) is 3.93. The molecule has 0 radical (unpaired) electrons. The van der Waals surface area contributed by atoms with Gasteiger partial charge in [0.1, 0.15) is 7.85 Å². The summed E-state index contributed by atoms with van der Waals surface area (Å²) in [6, 6.07) is 0.312. The lowest BCUT2D eigenvalue weighted by molar-refractivity contribution is 0.0286. The molecular weight excluding hydrogens is 127 g/mol. The predicted molar refractivity (Wildman–Crippen MR) is 42.6 cm³/mol. The average Bonchev–Trinajstić information content (AvgIpc) is 2.17. The summed E-state index contributed by atoms with van der Waals surface area (Å²) in [5.41, 5.74) is 0. The Balaban J connectivity index is 2.53. The molecule has 0 saturated carbocycles. The molecule has 1 fully saturated rings. The van der Waals surface area contributed by atoms with Crippen LogP contribution in [-0.4, -0.2) is 31.7 Å². The molecule has 1 rings (SSSR count). The van der Waals surface area contributed by atoms with Crippen LogP contribution < -0.4 is 0 Å². The summed E-state index contributed by atoms with van der Waals surface area (Å²) in [5, 5.41) is 8.85. The molecule has 1 aliphatic rings. The highest BCUT2D eigenvalue weighted by Crippen LogP contribution is 2.29. The fourth-order valence-corrected chi connectivity index (χ4v) is 1.50. The zero-order valence-corrected chi connectivity index (χ0v) is 6.87. The first-order chi connectivity index (χ1) is 4.66. The highest BCUT2D eigenvalue weighted by Gasteiger charge is 2.35. The van der Waals surface area contributed by atoms with Crippen molar-refractivity contribution in [2.75, 3.05) is 6.61 Å². The van der Waals surface area contributed by atoms with Gasteiger partial charge in [0, 0.05) is 6.00 Å². The maximum absolute atomic E-state index is 8.85. The fraction of sp³-hybridized carbons (Fsp3) is 1.00. The van der Waals surface area contributed by atoms with Crippen molar-refractivity contribution >= 4 is 7.85 Å². The maximum atomic E-state index is 8.85. The number of hydrogen-bond acceptors (Lipinski definition) is 2. The van der Waals surface area contributed by atoms with Gasteiger partial charge in [0.25, 0.3) is 0 Å². The van der Waals surface area contributed by atoms with Crippen LogP contribution in [0.1, 0.15) is 13.8 Å². The van der Waals surface area contributed by atoms with Crippen LogP contribution in [-0.2, 0) is 4.74 Å². The molecule has 0 spiro atoms. The van der Waals surface area contributed by atoms with Crippen LogP contribution in [0.4, 0.5) is 0 Å². The second-order valence-electron chi connectivity index (χ2n) is 3.28. The van der Waals surface area contributed by atoms with E-state index < -0.39 is 0 Å². The summed E-state index contributed by atoms with van der Waals surface area (Å²) in [7, 11) is 2.07. The lowest BCUT2D eigenvalue weighted by Gasteiger charge is -2.12. The summed E-state index contributed by atoms with van der Waals surface area (Å²) in [6.07, 6.45) is 0.0741. The molecule has 0 amide bonds. The molecule has 0 aromatic rings. The fourth-order valence-electron chi connectivity index (χ4n) is 1.50. The Hall–Kier alpha value is -0.0151. The summed E-state index contributed by atoms with van der Waals surface area (Å²) in [6.45, 7) is 4.47. The van der Waals surface area contributed by atoms with Crippen molar-refractivity contribution in [1.82, 2.24) is 0 Å². The molecule has 4 unspecified atom stereocenters. The molecule has 0 aliphatic carbocycles. The van der Waals surface area contributed by atoms with Crippen LogP contribution >= 0.6 is 0 Å². The van der Waals surface area contributed by atoms with Gasteiger partial charge in [-0.05, 0) is 11.8 Å². The number of aliphatic hydroxyl groups excluding tert-OH is 1. The van der Waals surface area contributed by atoms with Gasteiger partial charge < -0.3 is 9.84 Å². The molecule has 1 saturated heterocycles. The molecule has 10 heavy (non-hydrogen) atoms. The summed E-state index contributed by atoms with van der Waals surface area (Å²) >= 11 is 0. The first-order valence-electron chi connectivity index (χ1n) is 3.93. The molecular formula is C7H15BO2. The third-order valence-corrected chi connectivity index (χ3v) is 2.73. The summed E-state index contributed by atoms with van der Waals surface area (Å²) in [5.74, 6) is 1.08. The summed E-state index contributed by atoms with van der Waals surface area (Å²) < 4.78 is 5.48. The minimum absolute atomic E-state index is 0.0741. The largest absolute Gasteiger partial charge is 0.394 e. The van der Waals surface area contributed by atoms with Gasteiger partial charge in [-0.1, -0.05) is 13.8 Å². The quantitative estimate of drug-likeness (QED) is 0.505. The van der Waals surface area contributed by atoms with E-state index in [2.05, 4.69) is 21.7 Å². The topological polar surface area (TPSA) is 29.5 Å². The van der Waals surface area contributed by atoms with Crippen molar-refractivity contribution in [3.63, 3.8) is 0 Å². The molecule has 1 N–H and O–H groups in total.